The highest BCUT2D eigenvalue weighted by atomic mass is 16.7. The Kier molecular flexibility index (Phi) is 1.07. The molecule has 0 amide bonds. The van der Waals surface area contributed by atoms with Crippen LogP contribution in [0.5, 0.6) is 11.5 Å². The van der Waals surface area contributed by atoms with Crippen molar-refractivity contribution in [2.75, 3.05) is 12.5 Å². The van der Waals surface area contributed by atoms with E-state index in [4.69, 9.17) is 19.6 Å². The Bertz CT molecular complexity index is 475. The van der Waals surface area contributed by atoms with Crippen LogP contribution in [0.15, 0.2) is 22.8 Å². The van der Waals surface area contributed by atoms with Crippen LogP contribution in [0.2, 0.25) is 0 Å². The van der Waals surface area contributed by atoms with Crippen LogP contribution in [0, 0.1) is 0 Å². The molecule has 0 radical (unpaired) electrons. The number of ether oxygens (including phenoxy) is 2. The third-order valence-electron chi connectivity index (χ3n) is 2.10. The van der Waals surface area contributed by atoms with Gasteiger partial charge in [0, 0.05) is 6.07 Å². The Labute approximate surface area is 73.8 Å². The van der Waals surface area contributed by atoms with Crippen molar-refractivity contribution in [3.8, 4) is 11.5 Å². The molecule has 4 heteroatoms. The van der Waals surface area contributed by atoms with Crippen LogP contribution in [0.4, 0.5) is 5.69 Å². The van der Waals surface area contributed by atoms with Gasteiger partial charge in [0.15, 0.2) is 17.1 Å². The molecule has 4 nitrogen and oxygen atoms in total. The second-order valence-corrected chi connectivity index (χ2v) is 2.86. The van der Waals surface area contributed by atoms with Gasteiger partial charge in [-0.15, -0.1) is 0 Å². The van der Waals surface area contributed by atoms with E-state index in [2.05, 4.69) is 0 Å². The number of rotatable bonds is 0. The zero-order valence-corrected chi connectivity index (χ0v) is 6.74. The molecule has 0 atom stereocenters. The number of furan rings is 1. The average Bonchev–Trinajstić information content (AvgIpc) is 2.66. The molecule has 1 aromatic carbocycles. The maximum absolute atomic E-state index is 5.74. The van der Waals surface area contributed by atoms with Gasteiger partial charge in [0.1, 0.15) is 0 Å². The molecule has 1 aliphatic rings. The molecule has 1 aromatic heterocycles. The molecule has 2 N–H and O–H groups in total. The molecule has 0 fully saturated rings. The fraction of sp³-hybridized carbons (Fsp3) is 0.111. The van der Waals surface area contributed by atoms with Gasteiger partial charge in [0.05, 0.1) is 17.3 Å². The van der Waals surface area contributed by atoms with E-state index in [0.29, 0.717) is 17.0 Å². The maximum atomic E-state index is 5.74. The monoisotopic (exact) mass is 177 g/mol. The molecule has 0 spiro atoms. The SMILES string of the molecule is Nc1cc2c(c3ccoc13)OCO2. The first-order chi connectivity index (χ1) is 6.36. The van der Waals surface area contributed by atoms with E-state index >= 15 is 0 Å². The lowest BCUT2D eigenvalue weighted by Gasteiger charge is -1.99. The minimum Gasteiger partial charge on any atom is -0.462 e. The van der Waals surface area contributed by atoms with E-state index in [1.54, 1.807) is 12.3 Å². The van der Waals surface area contributed by atoms with Crippen LogP contribution in [0.25, 0.3) is 11.0 Å². The smallest absolute Gasteiger partial charge is 0.231 e. The van der Waals surface area contributed by atoms with Gasteiger partial charge in [0.25, 0.3) is 0 Å². The molecule has 0 saturated heterocycles. The Morgan fingerprint density at radius 1 is 1.31 bits per heavy atom. The van der Waals surface area contributed by atoms with Crippen molar-refractivity contribution in [1.29, 1.82) is 0 Å². The first-order valence-electron chi connectivity index (χ1n) is 3.91. The summed E-state index contributed by atoms with van der Waals surface area (Å²) in [7, 11) is 0. The zero-order valence-electron chi connectivity index (χ0n) is 6.74. The van der Waals surface area contributed by atoms with E-state index in [1.807, 2.05) is 6.07 Å². The molecule has 0 unspecified atom stereocenters. The number of fused-ring (bicyclic) bond motifs is 3. The van der Waals surface area contributed by atoms with Crippen LogP contribution in [-0.4, -0.2) is 6.79 Å². The largest absolute Gasteiger partial charge is 0.462 e. The lowest BCUT2D eigenvalue weighted by molar-refractivity contribution is 0.175. The zero-order chi connectivity index (χ0) is 8.84. The summed E-state index contributed by atoms with van der Waals surface area (Å²) >= 11 is 0. The summed E-state index contributed by atoms with van der Waals surface area (Å²) in [5, 5.41) is 0.868. The second-order valence-electron chi connectivity index (χ2n) is 2.86. The number of hydrogen-bond acceptors (Lipinski definition) is 4. The number of anilines is 1. The van der Waals surface area contributed by atoms with Gasteiger partial charge in [0.2, 0.25) is 6.79 Å². The van der Waals surface area contributed by atoms with Gasteiger partial charge < -0.3 is 19.6 Å². The fourth-order valence-electron chi connectivity index (χ4n) is 1.52. The van der Waals surface area contributed by atoms with E-state index in [1.165, 1.54) is 0 Å². The van der Waals surface area contributed by atoms with Gasteiger partial charge in [-0.2, -0.15) is 0 Å². The molecule has 2 heterocycles. The van der Waals surface area contributed by atoms with Crippen molar-refractivity contribution >= 4 is 16.7 Å². The lowest BCUT2D eigenvalue weighted by Crippen LogP contribution is -1.93. The summed E-state index contributed by atoms with van der Waals surface area (Å²) in [6.07, 6.45) is 1.59. The first kappa shape index (κ1) is 6.65. The Morgan fingerprint density at radius 3 is 3.15 bits per heavy atom. The van der Waals surface area contributed by atoms with Crippen molar-refractivity contribution in [3.63, 3.8) is 0 Å². The number of benzene rings is 1. The molecular formula is C9H7NO3. The second kappa shape index (κ2) is 2.10. The van der Waals surface area contributed by atoms with E-state index in [0.717, 1.165) is 11.1 Å². The average molecular weight is 177 g/mol. The van der Waals surface area contributed by atoms with Crippen LogP contribution < -0.4 is 15.2 Å². The molecule has 0 bridgehead atoms. The highest BCUT2D eigenvalue weighted by Gasteiger charge is 2.20. The molecule has 1 aliphatic heterocycles. The van der Waals surface area contributed by atoms with Crippen molar-refractivity contribution in [2.45, 2.75) is 0 Å². The molecular weight excluding hydrogens is 170 g/mol. The molecule has 2 aromatic rings. The van der Waals surface area contributed by atoms with E-state index in [-0.39, 0.29) is 6.79 Å². The van der Waals surface area contributed by atoms with E-state index in [9.17, 15) is 0 Å². The van der Waals surface area contributed by atoms with Crippen molar-refractivity contribution < 1.29 is 13.9 Å². The molecule has 13 heavy (non-hydrogen) atoms. The van der Waals surface area contributed by atoms with Crippen LogP contribution >= 0.6 is 0 Å². The lowest BCUT2D eigenvalue weighted by atomic mass is 10.2. The molecule has 0 aliphatic carbocycles. The minimum atomic E-state index is 0.249. The third kappa shape index (κ3) is 0.744. The van der Waals surface area contributed by atoms with Crippen LogP contribution in [0.3, 0.4) is 0 Å². The van der Waals surface area contributed by atoms with Gasteiger partial charge in [-0.05, 0) is 6.07 Å². The topological polar surface area (TPSA) is 57.6 Å². The summed E-state index contributed by atoms with van der Waals surface area (Å²) in [6.45, 7) is 0.249. The summed E-state index contributed by atoms with van der Waals surface area (Å²) in [5.41, 5.74) is 6.97. The van der Waals surface area contributed by atoms with E-state index < -0.39 is 0 Å². The highest BCUT2D eigenvalue weighted by Crippen LogP contribution is 2.42. The van der Waals surface area contributed by atoms with Crippen molar-refractivity contribution in [3.05, 3.63) is 18.4 Å². The number of nitrogens with two attached hydrogens (primary N) is 1. The predicted octanol–water partition coefficient (Wildman–Crippen LogP) is 1.74. The van der Waals surface area contributed by atoms with Crippen molar-refractivity contribution in [2.24, 2.45) is 0 Å². The summed E-state index contributed by atoms with van der Waals surface area (Å²) in [5.74, 6) is 1.41. The van der Waals surface area contributed by atoms with Gasteiger partial charge in [-0.1, -0.05) is 0 Å². The quantitative estimate of drug-likeness (QED) is 0.623. The predicted molar refractivity (Wildman–Crippen MR) is 46.7 cm³/mol. The Hall–Kier alpha value is -1.84. The highest BCUT2D eigenvalue weighted by molar-refractivity contribution is 5.95. The molecule has 66 valence electrons. The fourth-order valence-corrected chi connectivity index (χ4v) is 1.52. The summed E-state index contributed by atoms with van der Waals surface area (Å²) in [6, 6.07) is 3.54. The maximum Gasteiger partial charge on any atom is 0.231 e. The Morgan fingerprint density at radius 2 is 2.23 bits per heavy atom. The first-order valence-corrected chi connectivity index (χ1v) is 3.91. The molecule has 0 saturated carbocycles. The van der Waals surface area contributed by atoms with Gasteiger partial charge in [-0.25, -0.2) is 0 Å². The van der Waals surface area contributed by atoms with Gasteiger partial charge >= 0.3 is 0 Å². The molecule has 3 rings (SSSR count). The number of hydrogen-bond donors (Lipinski definition) is 1. The van der Waals surface area contributed by atoms with Crippen LogP contribution in [-0.2, 0) is 0 Å². The number of nitrogen functional groups attached to an aromatic ring is 1. The summed E-state index contributed by atoms with van der Waals surface area (Å²) < 4.78 is 15.7. The van der Waals surface area contributed by atoms with Gasteiger partial charge in [-0.3, -0.25) is 0 Å². The van der Waals surface area contributed by atoms with Crippen molar-refractivity contribution in [1.82, 2.24) is 0 Å². The normalized spacial score (nSPS) is 13.8. The third-order valence-corrected chi connectivity index (χ3v) is 2.10. The minimum absolute atomic E-state index is 0.249. The standard InChI is InChI=1S/C9H7NO3/c10-6-3-7-9(13-4-12-7)5-1-2-11-8(5)6/h1-3H,4,10H2. The Balaban J connectivity index is 2.48. The summed E-state index contributed by atoms with van der Waals surface area (Å²) in [4.78, 5) is 0. The van der Waals surface area contributed by atoms with Crippen LogP contribution in [0.1, 0.15) is 0 Å².